The van der Waals surface area contributed by atoms with Crippen LogP contribution in [0.5, 0.6) is 5.75 Å². The lowest BCUT2D eigenvalue weighted by molar-refractivity contribution is 0.410. The van der Waals surface area contributed by atoms with Crippen LogP contribution in [0.15, 0.2) is 40.9 Å². The lowest BCUT2D eigenvalue weighted by Gasteiger charge is -2.13. The molecule has 0 N–H and O–H groups in total. The molecule has 0 aliphatic heterocycles. The second-order valence-corrected chi connectivity index (χ2v) is 5.27. The standard InChI is InChI=1S/C14H10BrClF2O/c1-19-9-3-4-10(13(18)7-9)14(16)11-6-8(15)2-5-12(11)17/h2-7,14H,1H3. The van der Waals surface area contributed by atoms with Crippen molar-refractivity contribution in [3.05, 3.63) is 63.6 Å². The predicted octanol–water partition coefficient (Wildman–Crippen LogP) is 5.06. The van der Waals surface area contributed by atoms with Crippen molar-refractivity contribution >= 4 is 27.5 Å². The van der Waals surface area contributed by atoms with E-state index in [1.165, 1.54) is 31.4 Å². The van der Waals surface area contributed by atoms with Crippen molar-refractivity contribution in [2.75, 3.05) is 7.11 Å². The highest BCUT2D eigenvalue weighted by atomic mass is 79.9. The Balaban J connectivity index is 2.43. The van der Waals surface area contributed by atoms with E-state index in [2.05, 4.69) is 15.9 Å². The van der Waals surface area contributed by atoms with E-state index in [9.17, 15) is 8.78 Å². The van der Waals surface area contributed by atoms with Gasteiger partial charge < -0.3 is 4.74 Å². The first kappa shape index (κ1) is 14.3. The van der Waals surface area contributed by atoms with Crippen molar-refractivity contribution in [2.45, 2.75) is 5.38 Å². The van der Waals surface area contributed by atoms with E-state index in [0.29, 0.717) is 10.2 Å². The largest absolute Gasteiger partial charge is 0.497 e. The van der Waals surface area contributed by atoms with E-state index < -0.39 is 17.0 Å². The summed E-state index contributed by atoms with van der Waals surface area (Å²) in [5, 5.41) is -0.900. The van der Waals surface area contributed by atoms with Crippen LogP contribution >= 0.6 is 27.5 Å². The molecule has 0 radical (unpaired) electrons. The van der Waals surface area contributed by atoms with Gasteiger partial charge in [-0.15, -0.1) is 11.6 Å². The smallest absolute Gasteiger partial charge is 0.131 e. The second-order valence-electron chi connectivity index (χ2n) is 3.92. The molecular formula is C14H10BrClF2O. The molecule has 5 heteroatoms. The Hall–Kier alpha value is -1.13. The lowest BCUT2D eigenvalue weighted by Crippen LogP contribution is -2.00. The van der Waals surface area contributed by atoms with Crippen LogP contribution < -0.4 is 4.74 Å². The molecule has 0 aromatic heterocycles. The van der Waals surface area contributed by atoms with Gasteiger partial charge in [-0.1, -0.05) is 22.0 Å². The number of hydrogen-bond donors (Lipinski definition) is 0. The SMILES string of the molecule is COc1ccc(C(Cl)c2cc(Br)ccc2F)c(F)c1. The van der Waals surface area contributed by atoms with E-state index in [4.69, 9.17) is 16.3 Å². The molecule has 0 saturated heterocycles. The van der Waals surface area contributed by atoms with Gasteiger partial charge in [0.1, 0.15) is 17.4 Å². The monoisotopic (exact) mass is 346 g/mol. The Morgan fingerprint density at radius 1 is 1.05 bits per heavy atom. The van der Waals surface area contributed by atoms with Gasteiger partial charge in [-0.25, -0.2) is 8.78 Å². The molecule has 2 rings (SSSR count). The number of ether oxygens (including phenoxy) is 1. The molecule has 0 bridgehead atoms. The molecule has 0 spiro atoms. The summed E-state index contributed by atoms with van der Waals surface area (Å²) < 4.78 is 33.2. The summed E-state index contributed by atoms with van der Waals surface area (Å²) in [4.78, 5) is 0. The fraction of sp³-hybridized carbons (Fsp3) is 0.143. The summed E-state index contributed by atoms with van der Waals surface area (Å²) in [5.41, 5.74) is 0.430. The maximum Gasteiger partial charge on any atom is 0.131 e. The molecule has 0 amide bonds. The molecule has 100 valence electrons. The van der Waals surface area contributed by atoms with Gasteiger partial charge in [0, 0.05) is 21.7 Å². The molecule has 0 heterocycles. The van der Waals surface area contributed by atoms with E-state index in [-0.39, 0.29) is 11.1 Å². The molecular weight excluding hydrogens is 338 g/mol. The molecule has 0 fully saturated rings. The number of benzene rings is 2. The van der Waals surface area contributed by atoms with E-state index in [1.807, 2.05) is 0 Å². The molecule has 2 aromatic carbocycles. The third-order valence-electron chi connectivity index (χ3n) is 2.71. The molecule has 19 heavy (non-hydrogen) atoms. The van der Waals surface area contributed by atoms with Gasteiger partial charge in [-0.3, -0.25) is 0 Å². The second kappa shape index (κ2) is 5.88. The first-order chi connectivity index (χ1) is 9.02. The van der Waals surface area contributed by atoms with Crippen molar-refractivity contribution in [3.8, 4) is 5.75 Å². The predicted molar refractivity (Wildman–Crippen MR) is 74.7 cm³/mol. The summed E-state index contributed by atoms with van der Waals surface area (Å²) in [7, 11) is 1.45. The minimum absolute atomic E-state index is 0.208. The number of alkyl halides is 1. The van der Waals surface area contributed by atoms with Crippen LogP contribution in [0.25, 0.3) is 0 Å². The molecule has 1 nitrogen and oxygen atoms in total. The first-order valence-electron chi connectivity index (χ1n) is 5.45. The zero-order valence-corrected chi connectivity index (χ0v) is 12.3. The molecule has 1 atom stereocenters. The molecule has 0 aliphatic rings. The van der Waals surface area contributed by atoms with Crippen LogP contribution in [0.4, 0.5) is 8.78 Å². The van der Waals surface area contributed by atoms with Crippen LogP contribution in [0.1, 0.15) is 16.5 Å². The first-order valence-corrected chi connectivity index (χ1v) is 6.68. The van der Waals surface area contributed by atoms with E-state index in [1.54, 1.807) is 12.1 Å². The van der Waals surface area contributed by atoms with Crippen LogP contribution in [0.3, 0.4) is 0 Å². The topological polar surface area (TPSA) is 9.23 Å². The summed E-state index contributed by atoms with van der Waals surface area (Å²) in [6, 6.07) is 8.69. The third kappa shape index (κ3) is 3.07. The summed E-state index contributed by atoms with van der Waals surface area (Å²) in [6.45, 7) is 0. The van der Waals surface area contributed by atoms with Gasteiger partial charge in [-0.05, 0) is 24.3 Å². The average molecular weight is 348 g/mol. The van der Waals surface area contributed by atoms with Gasteiger partial charge in [0.15, 0.2) is 0 Å². The van der Waals surface area contributed by atoms with Crippen molar-refractivity contribution in [2.24, 2.45) is 0 Å². The van der Waals surface area contributed by atoms with E-state index in [0.717, 1.165) is 0 Å². The van der Waals surface area contributed by atoms with Crippen molar-refractivity contribution < 1.29 is 13.5 Å². The average Bonchev–Trinajstić information content (AvgIpc) is 2.40. The molecule has 0 saturated carbocycles. The Labute approximate surface area is 123 Å². The minimum atomic E-state index is -0.900. The Kier molecular flexibility index (Phi) is 4.42. The zero-order chi connectivity index (χ0) is 14.0. The zero-order valence-electron chi connectivity index (χ0n) is 9.96. The van der Waals surface area contributed by atoms with Gasteiger partial charge in [0.2, 0.25) is 0 Å². The maximum absolute atomic E-state index is 13.9. The summed E-state index contributed by atoms with van der Waals surface area (Å²) in [5.74, 6) is -0.614. The van der Waals surface area contributed by atoms with Crippen LogP contribution in [-0.2, 0) is 0 Å². The molecule has 2 aromatic rings. The van der Waals surface area contributed by atoms with Crippen molar-refractivity contribution in [1.82, 2.24) is 0 Å². The Bertz CT molecular complexity index is 604. The Morgan fingerprint density at radius 3 is 2.42 bits per heavy atom. The van der Waals surface area contributed by atoms with Gasteiger partial charge >= 0.3 is 0 Å². The number of methoxy groups -OCH3 is 1. The maximum atomic E-state index is 13.9. The number of rotatable bonds is 3. The fourth-order valence-electron chi connectivity index (χ4n) is 1.72. The number of hydrogen-bond acceptors (Lipinski definition) is 1. The van der Waals surface area contributed by atoms with Crippen LogP contribution in [0.2, 0.25) is 0 Å². The van der Waals surface area contributed by atoms with Crippen molar-refractivity contribution in [1.29, 1.82) is 0 Å². The minimum Gasteiger partial charge on any atom is -0.497 e. The van der Waals surface area contributed by atoms with Gasteiger partial charge in [-0.2, -0.15) is 0 Å². The quantitative estimate of drug-likeness (QED) is 0.705. The van der Waals surface area contributed by atoms with Crippen LogP contribution in [0, 0.1) is 11.6 Å². The third-order valence-corrected chi connectivity index (χ3v) is 3.68. The number of halogens is 4. The fourth-order valence-corrected chi connectivity index (χ4v) is 2.44. The van der Waals surface area contributed by atoms with Gasteiger partial charge in [0.25, 0.3) is 0 Å². The van der Waals surface area contributed by atoms with Gasteiger partial charge in [0.05, 0.1) is 12.5 Å². The highest BCUT2D eigenvalue weighted by molar-refractivity contribution is 9.10. The summed E-state index contributed by atoms with van der Waals surface area (Å²) >= 11 is 9.41. The highest BCUT2D eigenvalue weighted by Crippen LogP contribution is 2.34. The lowest BCUT2D eigenvalue weighted by atomic mass is 10.0. The highest BCUT2D eigenvalue weighted by Gasteiger charge is 2.19. The normalized spacial score (nSPS) is 12.3. The molecule has 0 aliphatic carbocycles. The summed E-state index contributed by atoms with van der Waals surface area (Å²) in [6.07, 6.45) is 0. The Morgan fingerprint density at radius 2 is 1.79 bits per heavy atom. The van der Waals surface area contributed by atoms with E-state index >= 15 is 0 Å². The molecule has 1 unspecified atom stereocenters. The van der Waals surface area contributed by atoms with Crippen molar-refractivity contribution in [3.63, 3.8) is 0 Å². The van der Waals surface area contributed by atoms with Crippen LogP contribution in [-0.4, -0.2) is 7.11 Å².